The molecule has 3 rings (SSSR count). The Balaban J connectivity index is 0.00000208. The topological polar surface area (TPSA) is 83.7 Å². The van der Waals surface area contributed by atoms with Crippen LogP contribution in [-0.2, 0) is 0 Å². The van der Waals surface area contributed by atoms with E-state index in [4.69, 9.17) is 5.73 Å². The van der Waals surface area contributed by atoms with Gasteiger partial charge in [-0.2, -0.15) is 0 Å². The Hall–Kier alpha value is -1.92. The molecule has 2 unspecified atom stereocenters. The first-order valence-corrected chi connectivity index (χ1v) is 7.91. The lowest BCUT2D eigenvalue weighted by Crippen LogP contribution is -2.49. The van der Waals surface area contributed by atoms with Gasteiger partial charge in [0.25, 0.3) is 17.7 Å². The monoisotopic (exact) mass is 351 g/mol. The molecule has 1 aromatic rings. The lowest BCUT2D eigenvalue weighted by atomic mass is 9.91. The molecule has 2 aliphatic rings. The van der Waals surface area contributed by atoms with Crippen molar-refractivity contribution in [1.29, 1.82) is 0 Å². The lowest BCUT2D eigenvalue weighted by molar-refractivity contribution is 0.0573. The van der Waals surface area contributed by atoms with Crippen molar-refractivity contribution in [3.8, 4) is 0 Å². The molecule has 2 atom stereocenters. The summed E-state index contributed by atoms with van der Waals surface area (Å²) in [6, 6.07) is 4.75. The summed E-state index contributed by atoms with van der Waals surface area (Å²) in [5.41, 5.74) is 6.92. The Kier molecular flexibility index (Phi) is 5.30. The highest BCUT2D eigenvalue weighted by Gasteiger charge is 2.35. The fourth-order valence-corrected chi connectivity index (χ4v) is 3.40. The fourth-order valence-electron chi connectivity index (χ4n) is 3.40. The number of likely N-dealkylation sites (tertiary alicyclic amines) is 1. The van der Waals surface area contributed by atoms with E-state index >= 15 is 0 Å². The first-order chi connectivity index (χ1) is 10.9. The van der Waals surface area contributed by atoms with Crippen molar-refractivity contribution < 1.29 is 14.4 Å². The van der Waals surface area contributed by atoms with Crippen LogP contribution in [0.3, 0.4) is 0 Å². The largest absolute Gasteiger partial charge is 0.334 e. The minimum atomic E-state index is -0.359. The average Bonchev–Trinajstić information content (AvgIpc) is 2.78. The molecule has 0 aliphatic carbocycles. The smallest absolute Gasteiger partial charge is 0.261 e. The summed E-state index contributed by atoms with van der Waals surface area (Å²) in [5, 5.41) is 0. The van der Waals surface area contributed by atoms with E-state index in [-0.39, 0.29) is 36.2 Å². The molecule has 1 saturated heterocycles. The standard InChI is InChI=1S/C17H21N3O3.ClH/c1-10-5-6-20(12(7-10)9-18)15(21)11-3-4-13-14(8-11)17(23)19(2)16(13)22;/h3-4,8,10,12H,5-7,9,18H2,1-2H3;1H. The van der Waals surface area contributed by atoms with E-state index in [1.807, 2.05) is 0 Å². The van der Waals surface area contributed by atoms with Gasteiger partial charge in [0.05, 0.1) is 11.1 Å². The maximum absolute atomic E-state index is 12.8. The average molecular weight is 352 g/mol. The third-order valence-corrected chi connectivity index (χ3v) is 4.85. The molecule has 0 bridgehead atoms. The summed E-state index contributed by atoms with van der Waals surface area (Å²) < 4.78 is 0. The van der Waals surface area contributed by atoms with Crippen molar-refractivity contribution in [3.05, 3.63) is 34.9 Å². The van der Waals surface area contributed by atoms with Gasteiger partial charge in [0.1, 0.15) is 0 Å². The minimum absolute atomic E-state index is 0. The first-order valence-electron chi connectivity index (χ1n) is 7.91. The Morgan fingerprint density at radius 3 is 2.58 bits per heavy atom. The zero-order valence-electron chi connectivity index (χ0n) is 13.8. The normalized spacial score (nSPS) is 23.1. The van der Waals surface area contributed by atoms with Gasteiger partial charge in [-0.25, -0.2) is 0 Å². The zero-order valence-corrected chi connectivity index (χ0v) is 14.6. The number of nitrogens with zero attached hydrogens (tertiary/aromatic N) is 2. The molecule has 0 spiro atoms. The molecule has 0 saturated carbocycles. The predicted molar refractivity (Wildman–Crippen MR) is 92.4 cm³/mol. The molecule has 1 fully saturated rings. The second-order valence-corrected chi connectivity index (χ2v) is 6.45. The molecule has 0 aromatic heterocycles. The van der Waals surface area contributed by atoms with Gasteiger partial charge in [0.2, 0.25) is 0 Å². The van der Waals surface area contributed by atoms with Crippen molar-refractivity contribution in [2.45, 2.75) is 25.8 Å². The van der Waals surface area contributed by atoms with Crippen LogP contribution in [0, 0.1) is 5.92 Å². The number of amides is 3. The Morgan fingerprint density at radius 2 is 1.92 bits per heavy atom. The van der Waals surface area contributed by atoms with Crippen molar-refractivity contribution >= 4 is 30.1 Å². The van der Waals surface area contributed by atoms with Gasteiger partial charge in [0.15, 0.2) is 0 Å². The molecule has 24 heavy (non-hydrogen) atoms. The van der Waals surface area contributed by atoms with E-state index in [0.717, 1.165) is 17.7 Å². The third kappa shape index (κ3) is 2.91. The Bertz CT molecular complexity index is 692. The number of carbonyl (C=O) groups is 3. The van der Waals surface area contributed by atoms with Crippen LogP contribution in [0.4, 0.5) is 0 Å². The quantitative estimate of drug-likeness (QED) is 0.819. The molecule has 6 nitrogen and oxygen atoms in total. The molecule has 2 heterocycles. The second-order valence-electron chi connectivity index (χ2n) is 6.45. The van der Waals surface area contributed by atoms with Crippen LogP contribution in [0.1, 0.15) is 50.8 Å². The molecule has 2 N–H and O–H groups in total. The number of benzene rings is 1. The van der Waals surface area contributed by atoms with Crippen molar-refractivity contribution in [3.63, 3.8) is 0 Å². The number of rotatable bonds is 2. The summed E-state index contributed by atoms with van der Waals surface area (Å²) >= 11 is 0. The molecular weight excluding hydrogens is 330 g/mol. The third-order valence-electron chi connectivity index (χ3n) is 4.85. The molecule has 130 valence electrons. The van der Waals surface area contributed by atoms with E-state index in [9.17, 15) is 14.4 Å². The summed E-state index contributed by atoms with van der Waals surface area (Å²) in [6.45, 7) is 3.27. The first kappa shape index (κ1) is 18.4. The highest BCUT2D eigenvalue weighted by atomic mass is 35.5. The minimum Gasteiger partial charge on any atom is -0.334 e. The summed E-state index contributed by atoms with van der Waals surface area (Å²) in [7, 11) is 1.45. The van der Waals surface area contributed by atoms with E-state index in [0.29, 0.717) is 35.7 Å². The Labute approximate surface area is 147 Å². The van der Waals surface area contributed by atoms with E-state index in [1.165, 1.54) is 13.1 Å². The lowest BCUT2D eigenvalue weighted by Gasteiger charge is -2.38. The SMILES string of the molecule is CC1CCN(C(=O)c2ccc3c(c2)C(=O)N(C)C3=O)C(CN)C1.Cl. The van der Waals surface area contributed by atoms with Gasteiger partial charge < -0.3 is 10.6 Å². The maximum atomic E-state index is 12.8. The van der Waals surface area contributed by atoms with Crippen LogP contribution in [0.15, 0.2) is 18.2 Å². The number of imide groups is 1. The zero-order chi connectivity index (χ0) is 16.7. The highest BCUT2D eigenvalue weighted by Crippen LogP contribution is 2.26. The molecule has 7 heteroatoms. The maximum Gasteiger partial charge on any atom is 0.261 e. The number of fused-ring (bicyclic) bond motifs is 1. The van der Waals surface area contributed by atoms with Crippen LogP contribution in [0.25, 0.3) is 0 Å². The Morgan fingerprint density at radius 1 is 1.25 bits per heavy atom. The number of carbonyl (C=O) groups excluding carboxylic acids is 3. The van der Waals surface area contributed by atoms with E-state index in [2.05, 4.69) is 6.92 Å². The van der Waals surface area contributed by atoms with Crippen LogP contribution in [-0.4, -0.2) is 53.7 Å². The fraction of sp³-hybridized carbons (Fsp3) is 0.471. The number of nitrogens with two attached hydrogens (primary N) is 1. The molecule has 0 radical (unpaired) electrons. The van der Waals surface area contributed by atoms with Crippen LogP contribution in [0.2, 0.25) is 0 Å². The van der Waals surface area contributed by atoms with Crippen molar-refractivity contribution in [2.24, 2.45) is 11.7 Å². The molecule has 3 amide bonds. The number of piperidine rings is 1. The summed E-state index contributed by atoms with van der Waals surface area (Å²) in [5.74, 6) is -0.247. The summed E-state index contributed by atoms with van der Waals surface area (Å²) in [4.78, 5) is 39.7. The molecular formula is C17H22ClN3O3. The van der Waals surface area contributed by atoms with Gasteiger partial charge in [-0.05, 0) is 37.0 Å². The van der Waals surface area contributed by atoms with E-state index in [1.54, 1.807) is 17.0 Å². The van der Waals surface area contributed by atoms with E-state index < -0.39 is 0 Å². The van der Waals surface area contributed by atoms with Gasteiger partial charge in [-0.3, -0.25) is 19.3 Å². The van der Waals surface area contributed by atoms with Gasteiger partial charge in [0, 0.05) is 31.7 Å². The highest BCUT2D eigenvalue weighted by molar-refractivity contribution is 6.21. The van der Waals surface area contributed by atoms with Gasteiger partial charge in [-0.15, -0.1) is 12.4 Å². The molecule has 2 aliphatic heterocycles. The second kappa shape index (κ2) is 6.91. The van der Waals surface area contributed by atoms with Crippen molar-refractivity contribution in [2.75, 3.05) is 20.1 Å². The number of halogens is 1. The van der Waals surface area contributed by atoms with Gasteiger partial charge >= 0.3 is 0 Å². The van der Waals surface area contributed by atoms with Crippen LogP contribution in [0.5, 0.6) is 0 Å². The van der Waals surface area contributed by atoms with Crippen molar-refractivity contribution in [1.82, 2.24) is 9.80 Å². The molecule has 1 aromatic carbocycles. The van der Waals surface area contributed by atoms with Crippen LogP contribution < -0.4 is 5.73 Å². The van der Waals surface area contributed by atoms with Gasteiger partial charge in [-0.1, -0.05) is 6.92 Å². The number of hydrogen-bond acceptors (Lipinski definition) is 4. The summed E-state index contributed by atoms with van der Waals surface area (Å²) in [6.07, 6.45) is 1.85. The number of hydrogen-bond donors (Lipinski definition) is 1. The van der Waals surface area contributed by atoms with Crippen LogP contribution >= 0.6 is 12.4 Å². The predicted octanol–water partition coefficient (Wildman–Crippen LogP) is 1.53.